The van der Waals surface area contributed by atoms with Crippen molar-refractivity contribution in [1.82, 2.24) is 9.97 Å². The monoisotopic (exact) mass is 726 g/mol. The van der Waals surface area contributed by atoms with Gasteiger partial charge in [0.05, 0.1) is 11.4 Å². The molecule has 0 fully saturated rings. The van der Waals surface area contributed by atoms with Gasteiger partial charge >= 0.3 is 0 Å². The molecule has 1 aliphatic carbocycles. The average Bonchev–Trinajstić information content (AvgIpc) is 3.50. The maximum absolute atomic E-state index is 4.80. The summed E-state index contributed by atoms with van der Waals surface area (Å²) in [6.07, 6.45) is 3.74. The summed E-state index contributed by atoms with van der Waals surface area (Å²) in [6.45, 7) is 4.71. The molecule has 1 aliphatic rings. The van der Waals surface area contributed by atoms with Crippen molar-refractivity contribution in [3.05, 3.63) is 206 Å². The Labute approximate surface area is 332 Å². The normalized spacial score (nSPS) is 12.9. The van der Waals surface area contributed by atoms with Gasteiger partial charge in [-0.2, -0.15) is 0 Å². The standard InChI is InChI=1S/C55H38N2/c1-55(2)49-21-8-7-17-43(49)47-34-37(25-27-50(47)55)53-44-18-5-6-19-45(44)54(46-26-24-36(33-48(46)53)42-20-13-15-35-14-3-4-16-41(35)42)40-31-38(51-22-9-11-28-56-51)30-39(32-40)52-23-10-12-29-57-52/h3-34H,1-2H3. The van der Waals surface area contributed by atoms with Gasteiger partial charge in [-0.3, -0.25) is 9.97 Å². The summed E-state index contributed by atoms with van der Waals surface area (Å²) in [5.74, 6) is 0. The number of nitrogens with zero attached hydrogens (tertiary/aromatic N) is 2. The molecule has 11 rings (SSSR count). The molecule has 0 unspecified atom stereocenters. The average molecular weight is 727 g/mol. The van der Waals surface area contributed by atoms with E-state index in [0.29, 0.717) is 0 Å². The number of rotatable bonds is 5. The summed E-state index contributed by atoms with van der Waals surface area (Å²) >= 11 is 0. The van der Waals surface area contributed by atoms with Crippen molar-refractivity contribution in [2.45, 2.75) is 19.3 Å². The molecule has 268 valence electrons. The van der Waals surface area contributed by atoms with Crippen LogP contribution in [0.15, 0.2) is 194 Å². The van der Waals surface area contributed by atoms with Crippen LogP contribution in [0.4, 0.5) is 0 Å². The van der Waals surface area contributed by atoms with Crippen LogP contribution < -0.4 is 0 Å². The van der Waals surface area contributed by atoms with E-state index in [1.54, 1.807) is 0 Å². The molecule has 0 radical (unpaired) electrons. The first-order chi connectivity index (χ1) is 28.0. The van der Waals surface area contributed by atoms with Gasteiger partial charge in [0.1, 0.15) is 0 Å². The van der Waals surface area contributed by atoms with Gasteiger partial charge in [-0.15, -0.1) is 0 Å². The summed E-state index contributed by atoms with van der Waals surface area (Å²) in [5.41, 5.74) is 16.6. The maximum atomic E-state index is 4.80. The lowest BCUT2D eigenvalue weighted by Gasteiger charge is -2.22. The van der Waals surface area contributed by atoms with Crippen LogP contribution in [0.2, 0.25) is 0 Å². The Morgan fingerprint density at radius 1 is 0.333 bits per heavy atom. The van der Waals surface area contributed by atoms with E-state index >= 15 is 0 Å². The second kappa shape index (κ2) is 13.0. The molecule has 0 saturated carbocycles. The first kappa shape index (κ1) is 33.2. The number of aromatic nitrogens is 2. The van der Waals surface area contributed by atoms with Gasteiger partial charge in [0, 0.05) is 28.9 Å². The Hall–Kier alpha value is -7.16. The third-order valence-electron chi connectivity index (χ3n) is 12.1. The number of fused-ring (bicyclic) bond motifs is 6. The van der Waals surface area contributed by atoms with Crippen molar-refractivity contribution < 1.29 is 0 Å². The van der Waals surface area contributed by atoms with Crippen molar-refractivity contribution in [1.29, 1.82) is 0 Å². The molecule has 2 heteroatoms. The van der Waals surface area contributed by atoms with Crippen molar-refractivity contribution in [2.24, 2.45) is 0 Å². The molecular weight excluding hydrogens is 689 g/mol. The molecule has 0 bridgehead atoms. The highest BCUT2D eigenvalue weighted by Crippen LogP contribution is 2.52. The van der Waals surface area contributed by atoms with E-state index in [4.69, 9.17) is 9.97 Å². The summed E-state index contributed by atoms with van der Waals surface area (Å²) in [4.78, 5) is 9.60. The highest BCUT2D eigenvalue weighted by atomic mass is 14.7. The highest BCUT2D eigenvalue weighted by Gasteiger charge is 2.35. The van der Waals surface area contributed by atoms with E-state index < -0.39 is 0 Å². The third-order valence-corrected chi connectivity index (χ3v) is 12.1. The lowest BCUT2D eigenvalue weighted by Crippen LogP contribution is -2.14. The van der Waals surface area contributed by atoms with Crippen molar-refractivity contribution >= 4 is 32.3 Å². The molecule has 10 aromatic rings. The van der Waals surface area contributed by atoms with Crippen LogP contribution >= 0.6 is 0 Å². The van der Waals surface area contributed by atoms with Crippen molar-refractivity contribution in [2.75, 3.05) is 0 Å². The fourth-order valence-corrected chi connectivity index (χ4v) is 9.46. The Bertz CT molecular complexity index is 3130. The maximum Gasteiger partial charge on any atom is 0.0702 e. The minimum Gasteiger partial charge on any atom is -0.256 e. The smallest absolute Gasteiger partial charge is 0.0702 e. The first-order valence-corrected chi connectivity index (χ1v) is 19.7. The van der Waals surface area contributed by atoms with E-state index in [2.05, 4.69) is 184 Å². The molecule has 0 amide bonds. The van der Waals surface area contributed by atoms with Gasteiger partial charge < -0.3 is 0 Å². The molecule has 0 N–H and O–H groups in total. The predicted octanol–water partition coefficient (Wildman–Crippen LogP) is 14.6. The summed E-state index contributed by atoms with van der Waals surface area (Å²) in [7, 11) is 0. The Kier molecular flexibility index (Phi) is 7.55. The van der Waals surface area contributed by atoms with Crippen LogP contribution in [0.5, 0.6) is 0 Å². The molecule has 2 aromatic heterocycles. The van der Waals surface area contributed by atoms with Gasteiger partial charge in [-0.1, -0.05) is 141 Å². The van der Waals surface area contributed by atoms with Crippen molar-refractivity contribution in [3.63, 3.8) is 0 Å². The van der Waals surface area contributed by atoms with E-state index in [1.165, 1.54) is 82.4 Å². The van der Waals surface area contributed by atoms with Crippen LogP contribution in [0.1, 0.15) is 25.0 Å². The Morgan fingerprint density at radius 2 is 0.877 bits per heavy atom. The zero-order valence-electron chi connectivity index (χ0n) is 31.9. The second-order valence-corrected chi connectivity index (χ2v) is 15.7. The van der Waals surface area contributed by atoms with E-state index in [0.717, 1.165) is 28.1 Å². The first-order valence-electron chi connectivity index (χ1n) is 19.7. The molecule has 8 aromatic carbocycles. The lowest BCUT2D eigenvalue weighted by molar-refractivity contribution is 0.660. The Morgan fingerprint density at radius 3 is 1.60 bits per heavy atom. The van der Waals surface area contributed by atoms with Crippen molar-refractivity contribution in [3.8, 4) is 67.0 Å². The van der Waals surface area contributed by atoms with Crippen LogP contribution in [-0.4, -0.2) is 9.97 Å². The fraction of sp³-hybridized carbons (Fsp3) is 0.0545. The summed E-state index contributed by atoms with van der Waals surface area (Å²) in [5, 5.41) is 7.36. The number of hydrogen-bond donors (Lipinski definition) is 0. The van der Waals surface area contributed by atoms with Crippen LogP contribution in [0.3, 0.4) is 0 Å². The summed E-state index contributed by atoms with van der Waals surface area (Å²) in [6, 6.07) is 66.6. The molecule has 0 spiro atoms. The number of hydrogen-bond acceptors (Lipinski definition) is 2. The lowest BCUT2D eigenvalue weighted by atomic mass is 9.81. The molecule has 0 aliphatic heterocycles. The predicted molar refractivity (Wildman–Crippen MR) is 239 cm³/mol. The molecular formula is C55H38N2. The second-order valence-electron chi connectivity index (χ2n) is 15.7. The van der Waals surface area contributed by atoms with Crippen LogP contribution in [0, 0.1) is 0 Å². The zero-order chi connectivity index (χ0) is 38.1. The molecule has 0 atom stereocenters. The van der Waals surface area contributed by atoms with Gasteiger partial charge in [-0.05, 0) is 143 Å². The number of benzene rings is 8. The highest BCUT2D eigenvalue weighted by molar-refractivity contribution is 6.22. The minimum atomic E-state index is -0.0655. The van der Waals surface area contributed by atoms with Gasteiger partial charge in [-0.25, -0.2) is 0 Å². The fourth-order valence-electron chi connectivity index (χ4n) is 9.46. The zero-order valence-corrected chi connectivity index (χ0v) is 31.9. The molecule has 2 heterocycles. The van der Waals surface area contributed by atoms with E-state index in [9.17, 15) is 0 Å². The summed E-state index contributed by atoms with van der Waals surface area (Å²) < 4.78 is 0. The Balaban J connectivity index is 1.25. The topological polar surface area (TPSA) is 25.8 Å². The molecule has 57 heavy (non-hydrogen) atoms. The SMILES string of the molecule is CC1(C)c2ccccc2-c2cc(-c3c4ccccc4c(-c4cc(-c5ccccn5)cc(-c5ccccn5)c4)c4ccc(-c5cccc6ccccc56)cc34)ccc21. The third kappa shape index (κ3) is 5.33. The molecule has 0 saturated heterocycles. The van der Waals surface area contributed by atoms with Crippen LogP contribution in [0.25, 0.3) is 99.3 Å². The minimum absolute atomic E-state index is 0.0655. The quantitative estimate of drug-likeness (QED) is 0.165. The van der Waals surface area contributed by atoms with Gasteiger partial charge in [0.25, 0.3) is 0 Å². The largest absolute Gasteiger partial charge is 0.256 e. The van der Waals surface area contributed by atoms with E-state index in [1.807, 2.05) is 24.5 Å². The van der Waals surface area contributed by atoms with E-state index in [-0.39, 0.29) is 5.41 Å². The van der Waals surface area contributed by atoms with Gasteiger partial charge in [0.2, 0.25) is 0 Å². The van der Waals surface area contributed by atoms with Gasteiger partial charge in [0.15, 0.2) is 0 Å². The molecule has 2 nitrogen and oxygen atoms in total. The number of pyridine rings is 2. The van der Waals surface area contributed by atoms with Crippen LogP contribution in [-0.2, 0) is 5.41 Å².